The number of hydrogen-bond donors (Lipinski definition) is 1. The fraction of sp³-hybridized carbons (Fsp3) is 0.214. The second kappa shape index (κ2) is 6.04. The Morgan fingerprint density at radius 3 is 2.79 bits per heavy atom. The normalized spacial score (nSPS) is 10.2. The van der Waals surface area contributed by atoms with Gasteiger partial charge >= 0.3 is 0 Å². The highest BCUT2D eigenvalue weighted by Gasteiger charge is 2.09. The molecular formula is C14H15FN2O2. The summed E-state index contributed by atoms with van der Waals surface area (Å²) in [5.41, 5.74) is 6.73. The van der Waals surface area contributed by atoms with E-state index in [1.807, 2.05) is 18.2 Å². The Balaban J connectivity index is 2.00. The van der Waals surface area contributed by atoms with Gasteiger partial charge in [-0.2, -0.15) is 0 Å². The number of methoxy groups -OCH3 is 1. The first-order valence-electron chi connectivity index (χ1n) is 5.86. The third-order valence-corrected chi connectivity index (χ3v) is 2.63. The molecule has 0 radical (unpaired) electrons. The highest BCUT2D eigenvalue weighted by atomic mass is 19.1. The monoisotopic (exact) mass is 262 g/mol. The third kappa shape index (κ3) is 3.34. The highest BCUT2D eigenvalue weighted by Crippen LogP contribution is 2.29. The zero-order valence-electron chi connectivity index (χ0n) is 10.6. The van der Waals surface area contributed by atoms with Crippen molar-refractivity contribution in [3.05, 3.63) is 48.0 Å². The van der Waals surface area contributed by atoms with Gasteiger partial charge in [0, 0.05) is 30.4 Å². The van der Waals surface area contributed by atoms with E-state index in [0.717, 1.165) is 5.69 Å². The van der Waals surface area contributed by atoms with Gasteiger partial charge in [-0.1, -0.05) is 6.07 Å². The predicted octanol–water partition coefficient (Wildman–Crippen LogP) is 2.43. The van der Waals surface area contributed by atoms with Crippen molar-refractivity contribution in [2.45, 2.75) is 6.42 Å². The molecule has 4 nitrogen and oxygen atoms in total. The van der Waals surface area contributed by atoms with Crippen molar-refractivity contribution in [2.75, 3.05) is 19.5 Å². The summed E-state index contributed by atoms with van der Waals surface area (Å²) in [4.78, 5) is 4.16. The van der Waals surface area contributed by atoms with E-state index in [1.54, 1.807) is 6.20 Å². The van der Waals surface area contributed by atoms with E-state index < -0.39 is 5.82 Å². The highest BCUT2D eigenvalue weighted by molar-refractivity contribution is 5.56. The van der Waals surface area contributed by atoms with Crippen LogP contribution in [-0.4, -0.2) is 18.7 Å². The maximum absolute atomic E-state index is 13.6. The number of anilines is 1. The first kappa shape index (κ1) is 13.1. The number of rotatable bonds is 5. The zero-order chi connectivity index (χ0) is 13.7. The van der Waals surface area contributed by atoms with Gasteiger partial charge in [-0.05, 0) is 12.1 Å². The van der Waals surface area contributed by atoms with Crippen molar-refractivity contribution in [3.8, 4) is 11.5 Å². The lowest BCUT2D eigenvalue weighted by Crippen LogP contribution is -2.05. The van der Waals surface area contributed by atoms with E-state index in [9.17, 15) is 4.39 Å². The average molecular weight is 262 g/mol. The number of benzene rings is 1. The van der Waals surface area contributed by atoms with Crippen molar-refractivity contribution in [1.82, 2.24) is 4.98 Å². The fourth-order valence-electron chi connectivity index (χ4n) is 1.65. The fourth-order valence-corrected chi connectivity index (χ4v) is 1.65. The minimum atomic E-state index is -0.501. The summed E-state index contributed by atoms with van der Waals surface area (Å²) < 4.78 is 24.0. The largest absolute Gasteiger partial charge is 0.494 e. The van der Waals surface area contributed by atoms with Gasteiger partial charge in [0.1, 0.15) is 5.75 Å². The summed E-state index contributed by atoms with van der Waals surface area (Å²) >= 11 is 0. The lowest BCUT2D eigenvalue weighted by Gasteiger charge is -2.10. The third-order valence-electron chi connectivity index (χ3n) is 2.63. The second-order valence-corrected chi connectivity index (χ2v) is 3.94. The molecule has 5 heteroatoms. The molecule has 0 aliphatic rings. The van der Waals surface area contributed by atoms with Crippen LogP contribution in [-0.2, 0) is 6.42 Å². The summed E-state index contributed by atoms with van der Waals surface area (Å²) in [6.07, 6.45) is 2.31. The molecule has 0 saturated heterocycles. The molecule has 0 atom stereocenters. The van der Waals surface area contributed by atoms with E-state index in [0.29, 0.717) is 18.8 Å². The topological polar surface area (TPSA) is 57.4 Å². The molecule has 2 rings (SSSR count). The molecule has 0 spiro atoms. The molecule has 0 fully saturated rings. The van der Waals surface area contributed by atoms with Crippen LogP contribution in [0.1, 0.15) is 5.69 Å². The van der Waals surface area contributed by atoms with Gasteiger partial charge in [0.25, 0.3) is 0 Å². The zero-order valence-corrected chi connectivity index (χ0v) is 10.6. The van der Waals surface area contributed by atoms with E-state index in [1.165, 1.54) is 19.2 Å². The summed E-state index contributed by atoms with van der Waals surface area (Å²) in [5, 5.41) is 0. The van der Waals surface area contributed by atoms with Crippen LogP contribution < -0.4 is 15.2 Å². The van der Waals surface area contributed by atoms with Gasteiger partial charge in [-0.15, -0.1) is 0 Å². The minimum Gasteiger partial charge on any atom is -0.494 e. The molecule has 2 N–H and O–H groups in total. The number of nitrogen functional groups attached to an aromatic ring is 1. The molecule has 0 aliphatic heterocycles. The molecule has 0 amide bonds. The molecular weight excluding hydrogens is 247 g/mol. The SMILES string of the molecule is COc1cc(OCCc2ccccn2)c(F)cc1N. The lowest BCUT2D eigenvalue weighted by molar-refractivity contribution is 0.301. The van der Waals surface area contributed by atoms with Crippen LogP contribution in [0.4, 0.5) is 10.1 Å². The Bertz CT molecular complexity index is 547. The molecule has 2 aromatic rings. The summed E-state index contributed by atoms with van der Waals surface area (Å²) in [5.74, 6) is 0.0236. The minimum absolute atomic E-state index is 0.127. The summed E-state index contributed by atoms with van der Waals surface area (Å²) in [7, 11) is 1.47. The van der Waals surface area contributed by atoms with Gasteiger partial charge in [0.15, 0.2) is 11.6 Å². The number of nitrogens with two attached hydrogens (primary N) is 1. The van der Waals surface area contributed by atoms with Crippen molar-refractivity contribution >= 4 is 5.69 Å². The predicted molar refractivity (Wildman–Crippen MR) is 70.8 cm³/mol. The molecule has 0 aliphatic carbocycles. The van der Waals surface area contributed by atoms with E-state index in [4.69, 9.17) is 15.2 Å². The number of nitrogens with zero attached hydrogens (tertiary/aromatic N) is 1. The van der Waals surface area contributed by atoms with Crippen LogP contribution in [0, 0.1) is 5.82 Å². The van der Waals surface area contributed by atoms with E-state index >= 15 is 0 Å². The quantitative estimate of drug-likeness (QED) is 0.841. The molecule has 100 valence electrons. The smallest absolute Gasteiger partial charge is 0.167 e. The number of halogens is 1. The van der Waals surface area contributed by atoms with E-state index in [-0.39, 0.29) is 11.4 Å². The first-order chi connectivity index (χ1) is 9.20. The molecule has 1 aromatic heterocycles. The number of pyridine rings is 1. The Morgan fingerprint density at radius 1 is 1.26 bits per heavy atom. The summed E-state index contributed by atoms with van der Waals surface area (Å²) in [6.45, 7) is 0.334. The molecule has 0 unspecified atom stereocenters. The number of ether oxygens (including phenoxy) is 2. The standard InChI is InChI=1S/C14H15FN2O2/c1-18-14-9-13(11(15)8-12(14)16)19-7-5-10-4-2-3-6-17-10/h2-4,6,8-9H,5,7,16H2,1H3. The van der Waals surface area contributed by atoms with Gasteiger partial charge in [-0.3, -0.25) is 4.98 Å². The van der Waals surface area contributed by atoms with Crippen LogP contribution in [0.25, 0.3) is 0 Å². The van der Waals surface area contributed by atoms with Crippen molar-refractivity contribution in [2.24, 2.45) is 0 Å². The molecule has 1 heterocycles. The Morgan fingerprint density at radius 2 is 2.11 bits per heavy atom. The molecule has 1 aromatic carbocycles. The van der Waals surface area contributed by atoms with Gasteiger partial charge in [0.05, 0.1) is 19.4 Å². The maximum atomic E-state index is 13.6. The van der Waals surface area contributed by atoms with Crippen molar-refractivity contribution in [1.29, 1.82) is 0 Å². The second-order valence-electron chi connectivity index (χ2n) is 3.94. The van der Waals surface area contributed by atoms with Crippen LogP contribution in [0.2, 0.25) is 0 Å². The molecule has 0 bridgehead atoms. The van der Waals surface area contributed by atoms with Gasteiger partial charge in [0.2, 0.25) is 0 Å². The lowest BCUT2D eigenvalue weighted by atomic mass is 10.2. The van der Waals surface area contributed by atoms with Crippen LogP contribution in [0.15, 0.2) is 36.5 Å². The van der Waals surface area contributed by atoms with Gasteiger partial charge in [-0.25, -0.2) is 4.39 Å². The Hall–Kier alpha value is -2.30. The average Bonchev–Trinajstić information content (AvgIpc) is 2.42. The van der Waals surface area contributed by atoms with Crippen LogP contribution >= 0.6 is 0 Å². The van der Waals surface area contributed by atoms with Crippen LogP contribution in [0.5, 0.6) is 11.5 Å². The van der Waals surface area contributed by atoms with Crippen LogP contribution in [0.3, 0.4) is 0 Å². The maximum Gasteiger partial charge on any atom is 0.167 e. The number of hydrogen-bond acceptors (Lipinski definition) is 4. The number of aromatic nitrogens is 1. The van der Waals surface area contributed by atoms with Crippen molar-refractivity contribution in [3.63, 3.8) is 0 Å². The Labute approximate surface area is 111 Å². The molecule has 0 saturated carbocycles. The Kier molecular flexibility index (Phi) is 4.18. The first-order valence-corrected chi connectivity index (χ1v) is 5.86. The molecule has 19 heavy (non-hydrogen) atoms. The van der Waals surface area contributed by atoms with E-state index in [2.05, 4.69) is 4.98 Å². The summed E-state index contributed by atoms with van der Waals surface area (Å²) in [6, 6.07) is 8.27. The van der Waals surface area contributed by atoms with Crippen molar-refractivity contribution < 1.29 is 13.9 Å². The van der Waals surface area contributed by atoms with Gasteiger partial charge < -0.3 is 15.2 Å².